The van der Waals surface area contributed by atoms with Gasteiger partial charge in [-0.15, -0.1) is 0 Å². The third kappa shape index (κ3) is 3.37. The van der Waals surface area contributed by atoms with Gasteiger partial charge in [-0.3, -0.25) is 4.90 Å². The number of carboxylic acids is 1. The molecule has 0 saturated heterocycles. The van der Waals surface area contributed by atoms with Gasteiger partial charge in [0.1, 0.15) is 0 Å². The molecular weight excluding hydrogens is 274 g/mol. The van der Waals surface area contributed by atoms with Crippen LogP contribution in [0.2, 0.25) is 0 Å². The molecular formula is C19H21NO2. The van der Waals surface area contributed by atoms with Gasteiger partial charge in [0.05, 0.1) is 5.56 Å². The van der Waals surface area contributed by atoms with E-state index in [4.69, 9.17) is 0 Å². The minimum atomic E-state index is -0.817. The van der Waals surface area contributed by atoms with Gasteiger partial charge in [0, 0.05) is 13.1 Å². The number of hydrogen-bond donors (Lipinski definition) is 1. The molecule has 1 aliphatic heterocycles. The van der Waals surface area contributed by atoms with Gasteiger partial charge in [-0.25, -0.2) is 4.79 Å². The molecule has 3 heteroatoms. The molecule has 0 atom stereocenters. The summed E-state index contributed by atoms with van der Waals surface area (Å²) in [6.45, 7) is 2.79. The highest BCUT2D eigenvalue weighted by atomic mass is 16.4. The molecule has 114 valence electrons. The molecule has 0 radical (unpaired) electrons. The zero-order chi connectivity index (χ0) is 15.4. The molecule has 22 heavy (non-hydrogen) atoms. The SMILES string of the molecule is O=C(O)c1cccc2c1CN(CCCc1ccccc1)CC2. The normalized spacial score (nSPS) is 14.5. The number of benzene rings is 2. The first kappa shape index (κ1) is 14.8. The number of fused-ring (bicyclic) bond motifs is 1. The highest BCUT2D eigenvalue weighted by molar-refractivity contribution is 5.89. The summed E-state index contributed by atoms with van der Waals surface area (Å²) in [5.41, 5.74) is 4.02. The van der Waals surface area contributed by atoms with E-state index in [9.17, 15) is 9.90 Å². The topological polar surface area (TPSA) is 40.5 Å². The van der Waals surface area contributed by atoms with Gasteiger partial charge in [0.2, 0.25) is 0 Å². The lowest BCUT2D eigenvalue weighted by molar-refractivity contribution is 0.0693. The number of aromatic carboxylic acids is 1. The van der Waals surface area contributed by atoms with Gasteiger partial charge in [-0.1, -0.05) is 42.5 Å². The Morgan fingerprint density at radius 3 is 2.68 bits per heavy atom. The Bertz CT molecular complexity index is 652. The molecule has 0 spiro atoms. The van der Waals surface area contributed by atoms with Crippen LogP contribution in [0.5, 0.6) is 0 Å². The second-order valence-electron chi connectivity index (χ2n) is 5.86. The van der Waals surface area contributed by atoms with Crippen LogP contribution in [0, 0.1) is 0 Å². The van der Waals surface area contributed by atoms with Crippen LogP contribution in [0.25, 0.3) is 0 Å². The molecule has 0 amide bonds. The highest BCUT2D eigenvalue weighted by Crippen LogP contribution is 2.23. The van der Waals surface area contributed by atoms with Crippen molar-refractivity contribution in [2.45, 2.75) is 25.8 Å². The Hall–Kier alpha value is -2.13. The third-order valence-electron chi connectivity index (χ3n) is 4.37. The van der Waals surface area contributed by atoms with Crippen LogP contribution in [-0.2, 0) is 19.4 Å². The Kier molecular flexibility index (Phi) is 4.54. The molecule has 0 fully saturated rings. The second-order valence-corrected chi connectivity index (χ2v) is 5.86. The van der Waals surface area contributed by atoms with Crippen LogP contribution in [0.3, 0.4) is 0 Å². The van der Waals surface area contributed by atoms with E-state index in [1.807, 2.05) is 12.1 Å². The van der Waals surface area contributed by atoms with Crippen molar-refractivity contribution < 1.29 is 9.90 Å². The number of rotatable bonds is 5. The van der Waals surface area contributed by atoms with E-state index < -0.39 is 5.97 Å². The minimum Gasteiger partial charge on any atom is -0.478 e. The molecule has 0 bridgehead atoms. The number of hydrogen-bond acceptors (Lipinski definition) is 2. The van der Waals surface area contributed by atoms with Crippen molar-refractivity contribution in [2.75, 3.05) is 13.1 Å². The lowest BCUT2D eigenvalue weighted by atomic mass is 9.94. The Balaban J connectivity index is 1.61. The lowest BCUT2D eigenvalue weighted by Crippen LogP contribution is -2.32. The van der Waals surface area contributed by atoms with Crippen molar-refractivity contribution in [3.05, 3.63) is 70.8 Å². The Morgan fingerprint density at radius 2 is 1.91 bits per heavy atom. The zero-order valence-electron chi connectivity index (χ0n) is 12.7. The summed E-state index contributed by atoms with van der Waals surface area (Å²) in [5.74, 6) is -0.817. The molecule has 2 aromatic rings. The number of carbonyl (C=O) groups is 1. The summed E-state index contributed by atoms with van der Waals surface area (Å²) in [5, 5.41) is 9.33. The van der Waals surface area contributed by atoms with Crippen LogP contribution in [0.4, 0.5) is 0 Å². The summed E-state index contributed by atoms with van der Waals surface area (Å²) < 4.78 is 0. The van der Waals surface area contributed by atoms with Gasteiger partial charge >= 0.3 is 5.97 Å². The van der Waals surface area contributed by atoms with E-state index in [2.05, 4.69) is 35.2 Å². The van der Waals surface area contributed by atoms with E-state index in [-0.39, 0.29) is 0 Å². The monoisotopic (exact) mass is 295 g/mol. The lowest BCUT2D eigenvalue weighted by Gasteiger charge is -2.29. The molecule has 3 rings (SSSR count). The number of carboxylic acid groups (broad SMARTS) is 1. The van der Waals surface area contributed by atoms with Gasteiger partial charge < -0.3 is 5.11 Å². The fourth-order valence-corrected chi connectivity index (χ4v) is 3.18. The number of aryl methyl sites for hydroxylation is 1. The van der Waals surface area contributed by atoms with Crippen LogP contribution in [0.15, 0.2) is 48.5 Å². The van der Waals surface area contributed by atoms with E-state index in [1.54, 1.807) is 6.07 Å². The largest absolute Gasteiger partial charge is 0.478 e. The summed E-state index contributed by atoms with van der Waals surface area (Å²) in [7, 11) is 0. The first-order chi connectivity index (χ1) is 10.7. The van der Waals surface area contributed by atoms with E-state index >= 15 is 0 Å². The van der Waals surface area contributed by atoms with E-state index in [0.717, 1.165) is 44.5 Å². The average molecular weight is 295 g/mol. The average Bonchev–Trinajstić information content (AvgIpc) is 2.55. The predicted octanol–water partition coefficient (Wildman–Crippen LogP) is 3.38. The van der Waals surface area contributed by atoms with Crippen molar-refractivity contribution in [3.63, 3.8) is 0 Å². The predicted molar refractivity (Wildman–Crippen MR) is 87.1 cm³/mol. The molecule has 2 aromatic carbocycles. The van der Waals surface area contributed by atoms with Crippen molar-refractivity contribution in [2.24, 2.45) is 0 Å². The first-order valence-corrected chi connectivity index (χ1v) is 7.84. The van der Waals surface area contributed by atoms with Crippen LogP contribution in [-0.4, -0.2) is 29.1 Å². The van der Waals surface area contributed by atoms with E-state index in [0.29, 0.717) is 5.56 Å². The van der Waals surface area contributed by atoms with Gasteiger partial charge in [0.25, 0.3) is 0 Å². The maximum atomic E-state index is 11.4. The van der Waals surface area contributed by atoms with E-state index in [1.165, 1.54) is 11.1 Å². The molecule has 0 aromatic heterocycles. The second kappa shape index (κ2) is 6.75. The standard InChI is InChI=1S/C19H21NO2/c21-19(22)17-10-4-9-16-11-13-20(14-18(16)17)12-5-8-15-6-2-1-3-7-15/h1-4,6-7,9-10H,5,8,11-14H2,(H,21,22). The quantitative estimate of drug-likeness (QED) is 0.919. The van der Waals surface area contributed by atoms with Crippen molar-refractivity contribution in [1.82, 2.24) is 4.90 Å². The van der Waals surface area contributed by atoms with Gasteiger partial charge in [0.15, 0.2) is 0 Å². The Labute approximate surface area is 131 Å². The van der Waals surface area contributed by atoms with Crippen LogP contribution < -0.4 is 0 Å². The smallest absolute Gasteiger partial charge is 0.336 e. The molecule has 0 saturated carbocycles. The van der Waals surface area contributed by atoms with Crippen LogP contribution >= 0.6 is 0 Å². The third-order valence-corrected chi connectivity index (χ3v) is 4.37. The maximum absolute atomic E-state index is 11.4. The van der Waals surface area contributed by atoms with Crippen molar-refractivity contribution in [3.8, 4) is 0 Å². The summed E-state index contributed by atoms with van der Waals surface area (Å²) in [6, 6.07) is 16.1. The Morgan fingerprint density at radius 1 is 1.09 bits per heavy atom. The molecule has 0 unspecified atom stereocenters. The van der Waals surface area contributed by atoms with Crippen LogP contribution in [0.1, 0.15) is 33.5 Å². The molecule has 1 heterocycles. The fraction of sp³-hybridized carbons (Fsp3) is 0.316. The van der Waals surface area contributed by atoms with Crippen molar-refractivity contribution >= 4 is 5.97 Å². The summed E-state index contributed by atoms with van der Waals surface area (Å²) in [6.07, 6.45) is 3.13. The minimum absolute atomic E-state index is 0.463. The van der Waals surface area contributed by atoms with Gasteiger partial charge in [-0.05, 0) is 48.6 Å². The summed E-state index contributed by atoms with van der Waals surface area (Å²) >= 11 is 0. The molecule has 1 aliphatic rings. The first-order valence-electron chi connectivity index (χ1n) is 7.84. The molecule has 3 nitrogen and oxygen atoms in total. The number of nitrogens with zero attached hydrogens (tertiary/aromatic N) is 1. The maximum Gasteiger partial charge on any atom is 0.336 e. The summed E-state index contributed by atoms with van der Waals surface area (Å²) in [4.78, 5) is 13.7. The van der Waals surface area contributed by atoms with Crippen molar-refractivity contribution in [1.29, 1.82) is 0 Å². The highest BCUT2D eigenvalue weighted by Gasteiger charge is 2.21. The molecule has 1 N–H and O–H groups in total. The van der Waals surface area contributed by atoms with Gasteiger partial charge in [-0.2, -0.15) is 0 Å². The zero-order valence-corrected chi connectivity index (χ0v) is 12.7. The molecule has 0 aliphatic carbocycles. The fourth-order valence-electron chi connectivity index (χ4n) is 3.18.